The SMILES string of the molecule is COCCN(C)c1ccc(C)cn1.O=CNc1ccncc1. The Kier molecular flexibility index (Phi) is 8.22. The molecule has 0 atom stereocenters. The summed E-state index contributed by atoms with van der Waals surface area (Å²) in [6.45, 7) is 3.63. The van der Waals surface area contributed by atoms with Crippen LogP contribution in [0.15, 0.2) is 42.9 Å². The van der Waals surface area contributed by atoms with E-state index in [0.29, 0.717) is 6.41 Å². The smallest absolute Gasteiger partial charge is 0.211 e. The summed E-state index contributed by atoms with van der Waals surface area (Å²) in [5.41, 5.74) is 1.95. The van der Waals surface area contributed by atoms with Gasteiger partial charge in [0.15, 0.2) is 0 Å². The largest absolute Gasteiger partial charge is 0.383 e. The zero-order valence-corrected chi connectivity index (χ0v) is 13.2. The van der Waals surface area contributed by atoms with Crippen molar-refractivity contribution in [1.82, 2.24) is 9.97 Å². The molecule has 118 valence electrons. The first-order chi connectivity index (χ1) is 10.7. The van der Waals surface area contributed by atoms with Gasteiger partial charge in [0.1, 0.15) is 5.82 Å². The fourth-order valence-electron chi connectivity index (χ4n) is 1.54. The van der Waals surface area contributed by atoms with Crippen LogP contribution in [0, 0.1) is 6.92 Å². The number of likely N-dealkylation sites (N-methyl/N-ethyl adjacent to an activating group) is 1. The van der Waals surface area contributed by atoms with Gasteiger partial charge in [0.25, 0.3) is 0 Å². The highest BCUT2D eigenvalue weighted by atomic mass is 16.5. The summed E-state index contributed by atoms with van der Waals surface area (Å²) in [4.78, 5) is 20.0. The molecule has 6 nitrogen and oxygen atoms in total. The van der Waals surface area contributed by atoms with Crippen molar-refractivity contribution in [3.63, 3.8) is 0 Å². The van der Waals surface area contributed by atoms with E-state index in [0.717, 1.165) is 24.7 Å². The zero-order valence-electron chi connectivity index (χ0n) is 13.2. The molecule has 2 aromatic rings. The molecule has 1 N–H and O–H groups in total. The van der Waals surface area contributed by atoms with Crippen LogP contribution in [0.3, 0.4) is 0 Å². The van der Waals surface area contributed by atoms with Crippen LogP contribution >= 0.6 is 0 Å². The first-order valence-electron chi connectivity index (χ1n) is 6.90. The van der Waals surface area contributed by atoms with Gasteiger partial charge >= 0.3 is 0 Å². The van der Waals surface area contributed by atoms with Crippen LogP contribution in [0.5, 0.6) is 0 Å². The summed E-state index contributed by atoms with van der Waals surface area (Å²) in [7, 11) is 3.72. The molecule has 6 heteroatoms. The van der Waals surface area contributed by atoms with Crippen LogP contribution in [-0.4, -0.2) is 43.7 Å². The molecule has 0 aromatic carbocycles. The normalized spacial score (nSPS) is 9.41. The zero-order chi connectivity index (χ0) is 16.2. The maximum atomic E-state index is 9.84. The Hall–Kier alpha value is -2.47. The summed E-state index contributed by atoms with van der Waals surface area (Å²) in [5.74, 6) is 0.989. The Bertz CT molecular complexity index is 532. The van der Waals surface area contributed by atoms with Crippen molar-refractivity contribution in [3.05, 3.63) is 48.4 Å². The van der Waals surface area contributed by atoms with Gasteiger partial charge in [0, 0.05) is 45.0 Å². The van der Waals surface area contributed by atoms with Gasteiger partial charge in [-0.25, -0.2) is 4.98 Å². The van der Waals surface area contributed by atoms with Crippen LogP contribution in [0.4, 0.5) is 11.5 Å². The number of carbonyl (C=O) groups excluding carboxylic acids is 1. The third-order valence-corrected chi connectivity index (χ3v) is 2.82. The van der Waals surface area contributed by atoms with Crippen LogP contribution in [0.2, 0.25) is 0 Å². The van der Waals surface area contributed by atoms with Gasteiger partial charge in [-0.05, 0) is 30.7 Å². The molecule has 1 amide bonds. The molecule has 0 saturated heterocycles. The minimum absolute atomic E-state index is 0.634. The standard InChI is InChI=1S/C10H16N2O.C6H6N2O/c1-9-4-5-10(11-8-9)12(2)6-7-13-3;9-5-8-6-1-3-7-4-2-6/h4-5,8H,6-7H2,1-3H3;1-5H,(H,7,8,9). The minimum Gasteiger partial charge on any atom is -0.383 e. The Labute approximate surface area is 131 Å². The van der Waals surface area contributed by atoms with Gasteiger partial charge in [-0.1, -0.05) is 6.07 Å². The number of amides is 1. The number of hydrogen-bond donors (Lipinski definition) is 1. The molecular weight excluding hydrogens is 280 g/mol. The van der Waals surface area contributed by atoms with Crippen molar-refractivity contribution in [2.45, 2.75) is 6.92 Å². The third-order valence-electron chi connectivity index (χ3n) is 2.82. The monoisotopic (exact) mass is 302 g/mol. The second-order valence-corrected chi connectivity index (χ2v) is 4.61. The quantitative estimate of drug-likeness (QED) is 0.828. The highest BCUT2D eigenvalue weighted by Gasteiger charge is 1.99. The Morgan fingerprint density at radius 2 is 2.00 bits per heavy atom. The molecule has 0 aliphatic rings. The van der Waals surface area contributed by atoms with Crippen molar-refractivity contribution >= 4 is 17.9 Å². The number of aromatic nitrogens is 2. The van der Waals surface area contributed by atoms with Crippen molar-refractivity contribution in [2.24, 2.45) is 0 Å². The molecular formula is C16H22N4O2. The number of nitrogens with zero attached hydrogens (tertiary/aromatic N) is 3. The summed E-state index contributed by atoms with van der Waals surface area (Å²) >= 11 is 0. The third kappa shape index (κ3) is 6.81. The second-order valence-electron chi connectivity index (χ2n) is 4.61. The van der Waals surface area contributed by atoms with Crippen molar-refractivity contribution in [1.29, 1.82) is 0 Å². The average molecular weight is 302 g/mol. The van der Waals surface area contributed by atoms with E-state index >= 15 is 0 Å². The number of nitrogens with one attached hydrogen (secondary N) is 1. The number of rotatable bonds is 6. The lowest BCUT2D eigenvalue weighted by Gasteiger charge is -2.17. The molecule has 0 bridgehead atoms. The molecule has 0 spiro atoms. The molecule has 0 fully saturated rings. The second kappa shape index (κ2) is 10.3. The summed E-state index contributed by atoms with van der Waals surface area (Å²) in [6, 6.07) is 7.51. The maximum Gasteiger partial charge on any atom is 0.211 e. The van der Waals surface area contributed by atoms with E-state index in [9.17, 15) is 4.79 Å². The molecule has 0 radical (unpaired) electrons. The Morgan fingerprint density at radius 3 is 2.55 bits per heavy atom. The van der Waals surface area contributed by atoms with Gasteiger partial charge in [-0.15, -0.1) is 0 Å². The van der Waals surface area contributed by atoms with Gasteiger partial charge in [-0.2, -0.15) is 0 Å². The van der Waals surface area contributed by atoms with Crippen molar-refractivity contribution < 1.29 is 9.53 Å². The molecule has 0 saturated carbocycles. The maximum absolute atomic E-state index is 9.84. The van der Waals surface area contributed by atoms with Crippen LogP contribution in [0.1, 0.15) is 5.56 Å². The lowest BCUT2D eigenvalue weighted by atomic mass is 10.3. The lowest BCUT2D eigenvalue weighted by molar-refractivity contribution is -0.105. The van der Waals surface area contributed by atoms with E-state index in [2.05, 4.69) is 26.3 Å². The number of methoxy groups -OCH3 is 1. The van der Waals surface area contributed by atoms with E-state index in [1.807, 2.05) is 26.2 Å². The van der Waals surface area contributed by atoms with Crippen molar-refractivity contribution in [2.75, 3.05) is 37.5 Å². The molecule has 0 unspecified atom stereocenters. The van der Waals surface area contributed by atoms with E-state index < -0.39 is 0 Å². The van der Waals surface area contributed by atoms with Crippen molar-refractivity contribution in [3.8, 4) is 0 Å². The number of carbonyl (C=O) groups is 1. The number of aryl methyl sites for hydroxylation is 1. The highest BCUT2D eigenvalue weighted by Crippen LogP contribution is 2.08. The first-order valence-corrected chi connectivity index (χ1v) is 6.90. The molecule has 2 heterocycles. The summed E-state index contributed by atoms with van der Waals surface area (Å²) < 4.78 is 4.99. The number of anilines is 2. The minimum atomic E-state index is 0.634. The van der Waals surface area contributed by atoms with Gasteiger partial charge in [0.05, 0.1) is 6.61 Å². The number of pyridine rings is 2. The molecule has 2 aromatic heterocycles. The molecule has 22 heavy (non-hydrogen) atoms. The number of ether oxygens (including phenoxy) is 1. The fraction of sp³-hybridized carbons (Fsp3) is 0.312. The highest BCUT2D eigenvalue weighted by molar-refractivity contribution is 5.70. The van der Waals surface area contributed by atoms with Gasteiger partial charge in [0.2, 0.25) is 6.41 Å². The van der Waals surface area contributed by atoms with Crippen LogP contribution in [-0.2, 0) is 9.53 Å². The molecule has 0 aliphatic heterocycles. The van der Waals surface area contributed by atoms with E-state index in [-0.39, 0.29) is 0 Å². The predicted molar refractivity (Wildman–Crippen MR) is 88.0 cm³/mol. The van der Waals surface area contributed by atoms with Gasteiger partial charge < -0.3 is 15.0 Å². The Morgan fingerprint density at radius 1 is 1.27 bits per heavy atom. The topological polar surface area (TPSA) is 67.3 Å². The van der Waals surface area contributed by atoms with E-state index in [1.165, 1.54) is 5.56 Å². The molecule has 2 rings (SSSR count). The van der Waals surface area contributed by atoms with Crippen LogP contribution < -0.4 is 10.2 Å². The Balaban J connectivity index is 0.000000235. The van der Waals surface area contributed by atoms with E-state index in [1.54, 1.807) is 31.6 Å². The lowest BCUT2D eigenvalue weighted by Crippen LogP contribution is -2.22. The predicted octanol–water partition coefficient (Wildman–Crippen LogP) is 2.12. The van der Waals surface area contributed by atoms with Gasteiger partial charge in [-0.3, -0.25) is 9.78 Å². The first kappa shape index (κ1) is 17.6. The summed E-state index contributed by atoms with van der Waals surface area (Å²) in [5, 5.41) is 2.49. The van der Waals surface area contributed by atoms with Crippen LogP contribution in [0.25, 0.3) is 0 Å². The molecule has 0 aliphatic carbocycles. The van der Waals surface area contributed by atoms with E-state index in [4.69, 9.17) is 4.74 Å². The number of hydrogen-bond acceptors (Lipinski definition) is 5. The average Bonchev–Trinajstić information content (AvgIpc) is 2.55. The fourth-order valence-corrected chi connectivity index (χ4v) is 1.54. The summed E-state index contributed by atoms with van der Waals surface area (Å²) in [6.07, 6.45) is 5.74.